The van der Waals surface area contributed by atoms with Gasteiger partial charge in [-0.25, -0.2) is 0 Å². The molecule has 0 aliphatic heterocycles. The zero-order valence-electron chi connectivity index (χ0n) is 10.9. The molecule has 0 spiro atoms. The third-order valence-electron chi connectivity index (χ3n) is 2.89. The number of rotatable bonds is 5. The van der Waals surface area contributed by atoms with Gasteiger partial charge >= 0.3 is 0 Å². The molecule has 0 aliphatic carbocycles. The Morgan fingerprint density at radius 2 is 1.89 bits per heavy atom. The van der Waals surface area contributed by atoms with Crippen molar-refractivity contribution in [3.05, 3.63) is 28.8 Å². The predicted molar refractivity (Wildman–Crippen MR) is 67.7 cm³/mol. The highest BCUT2D eigenvalue weighted by Crippen LogP contribution is 2.29. The van der Waals surface area contributed by atoms with E-state index in [2.05, 4.69) is 0 Å². The molecule has 1 atom stereocenters. The van der Waals surface area contributed by atoms with E-state index < -0.39 is 6.10 Å². The van der Waals surface area contributed by atoms with Gasteiger partial charge in [-0.3, -0.25) is 4.79 Å². The molecule has 0 heterocycles. The summed E-state index contributed by atoms with van der Waals surface area (Å²) < 4.78 is 0. The SMILES string of the molecule is CC(=O)CCC(O)c1cc(O)c(C(C)=O)cc1C. The fourth-order valence-electron chi connectivity index (χ4n) is 1.85. The first kappa shape index (κ1) is 14.4. The summed E-state index contributed by atoms with van der Waals surface area (Å²) in [6, 6.07) is 2.96. The largest absolute Gasteiger partial charge is 0.507 e. The van der Waals surface area contributed by atoms with Gasteiger partial charge in [0.1, 0.15) is 11.5 Å². The molecule has 1 aromatic carbocycles. The van der Waals surface area contributed by atoms with E-state index in [9.17, 15) is 19.8 Å². The van der Waals surface area contributed by atoms with Crippen LogP contribution in [0.3, 0.4) is 0 Å². The highest BCUT2D eigenvalue weighted by atomic mass is 16.3. The van der Waals surface area contributed by atoms with Crippen LogP contribution in [0.4, 0.5) is 0 Å². The number of ketones is 2. The minimum atomic E-state index is -0.805. The molecule has 18 heavy (non-hydrogen) atoms. The van der Waals surface area contributed by atoms with Crippen LogP contribution >= 0.6 is 0 Å². The second kappa shape index (κ2) is 5.78. The van der Waals surface area contributed by atoms with Gasteiger partial charge in [-0.2, -0.15) is 0 Å². The van der Waals surface area contributed by atoms with Crippen LogP contribution in [0.5, 0.6) is 5.75 Å². The standard InChI is InChI=1S/C14H18O4/c1-8-6-12(10(3)16)14(18)7-11(8)13(17)5-4-9(2)15/h6-7,13,17-18H,4-5H2,1-3H3. The lowest BCUT2D eigenvalue weighted by atomic mass is 9.95. The first-order chi connectivity index (χ1) is 8.32. The van der Waals surface area contributed by atoms with E-state index in [-0.39, 0.29) is 29.3 Å². The zero-order chi connectivity index (χ0) is 13.9. The number of aromatic hydroxyl groups is 1. The maximum Gasteiger partial charge on any atom is 0.163 e. The summed E-state index contributed by atoms with van der Waals surface area (Å²) >= 11 is 0. The molecular weight excluding hydrogens is 232 g/mol. The lowest BCUT2D eigenvalue weighted by Crippen LogP contribution is -2.04. The molecule has 0 aromatic heterocycles. The van der Waals surface area contributed by atoms with Crippen LogP contribution in [0.25, 0.3) is 0 Å². The van der Waals surface area contributed by atoms with E-state index in [0.29, 0.717) is 12.0 Å². The van der Waals surface area contributed by atoms with Gasteiger partial charge < -0.3 is 15.0 Å². The van der Waals surface area contributed by atoms with E-state index in [4.69, 9.17) is 0 Å². The van der Waals surface area contributed by atoms with E-state index >= 15 is 0 Å². The Morgan fingerprint density at radius 1 is 1.28 bits per heavy atom. The normalized spacial score (nSPS) is 12.2. The van der Waals surface area contributed by atoms with Crippen molar-refractivity contribution in [2.75, 3.05) is 0 Å². The fraction of sp³-hybridized carbons (Fsp3) is 0.429. The minimum Gasteiger partial charge on any atom is -0.507 e. The van der Waals surface area contributed by atoms with Crippen molar-refractivity contribution in [2.45, 2.75) is 39.7 Å². The summed E-state index contributed by atoms with van der Waals surface area (Å²) in [7, 11) is 0. The van der Waals surface area contributed by atoms with Crippen LogP contribution in [-0.2, 0) is 4.79 Å². The first-order valence-corrected chi connectivity index (χ1v) is 5.85. The van der Waals surface area contributed by atoms with Gasteiger partial charge in [0.05, 0.1) is 11.7 Å². The quantitative estimate of drug-likeness (QED) is 0.786. The molecule has 0 bridgehead atoms. The Hall–Kier alpha value is -1.68. The average Bonchev–Trinajstić information content (AvgIpc) is 2.28. The molecule has 0 fully saturated rings. The maximum atomic E-state index is 11.2. The Labute approximate surface area is 106 Å². The fourth-order valence-corrected chi connectivity index (χ4v) is 1.85. The third-order valence-corrected chi connectivity index (χ3v) is 2.89. The molecule has 1 aromatic rings. The molecule has 0 saturated carbocycles. The Morgan fingerprint density at radius 3 is 2.39 bits per heavy atom. The number of carbonyl (C=O) groups excluding carboxylic acids is 2. The lowest BCUT2D eigenvalue weighted by molar-refractivity contribution is -0.117. The molecule has 1 unspecified atom stereocenters. The predicted octanol–water partition coefficient (Wildman–Crippen LogP) is 2.31. The number of aryl methyl sites for hydroxylation is 1. The van der Waals surface area contributed by atoms with Crippen molar-refractivity contribution in [1.29, 1.82) is 0 Å². The summed E-state index contributed by atoms with van der Waals surface area (Å²) in [5.41, 5.74) is 1.53. The second-order valence-corrected chi connectivity index (χ2v) is 4.54. The first-order valence-electron chi connectivity index (χ1n) is 5.85. The number of Topliss-reactive ketones (excluding diaryl/α,β-unsaturated/α-hetero) is 2. The van der Waals surface area contributed by atoms with Crippen molar-refractivity contribution in [3.63, 3.8) is 0 Å². The van der Waals surface area contributed by atoms with Gasteiger partial charge in [0, 0.05) is 6.42 Å². The second-order valence-electron chi connectivity index (χ2n) is 4.54. The number of hydrogen-bond acceptors (Lipinski definition) is 4. The molecule has 98 valence electrons. The van der Waals surface area contributed by atoms with Crippen molar-refractivity contribution in [3.8, 4) is 5.75 Å². The molecule has 0 aliphatic rings. The van der Waals surface area contributed by atoms with Gasteiger partial charge in [0.15, 0.2) is 5.78 Å². The highest BCUT2D eigenvalue weighted by molar-refractivity contribution is 5.97. The van der Waals surface area contributed by atoms with Crippen molar-refractivity contribution in [2.24, 2.45) is 0 Å². The van der Waals surface area contributed by atoms with Crippen LogP contribution in [0.2, 0.25) is 0 Å². The molecule has 4 nitrogen and oxygen atoms in total. The zero-order valence-corrected chi connectivity index (χ0v) is 10.9. The van der Waals surface area contributed by atoms with Crippen LogP contribution in [0.1, 0.15) is 54.3 Å². The number of benzene rings is 1. The van der Waals surface area contributed by atoms with Gasteiger partial charge in [-0.15, -0.1) is 0 Å². The Balaban J connectivity index is 3.00. The van der Waals surface area contributed by atoms with Gasteiger partial charge in [0.2, 0.25) is 0 Å². The molecular formula is C14H18O4. The average molecular weight is 250 g/mol. The van der Waals surface area contributed by atoms with Crippen LogP contribution in [-0.4, -0.2) is 21.8 Å². The number of carbonyl (C=O) groups is 2. The maximum absolute atomic E-state index is 11.2. The van der Waals surface area contributed by atoms with Crippen LogP contribution in [0.15, 0.2) is 12.1 Å². The van der Waals surface area contributed by atoms with E-state index in [1.165, 1.54) is 19.9 Å². The summed E-state index contributed by atoms with van der Waals surface area (Å²) in [6.45, 7) is 4.61. The monoisotopic (exact) mass is 250 g/mol. The topological polar surface area (TPSA) is 74.6 Å². The van der Waals surface area contributed by atoms with E-state index in [0.717, 1.165) is 5.56 Å². The van der Waals surface area contributed by atoms with Crippen molar-refractivity contribution < 1.29 is 19.8 Å². The molecule has 0 amide bonds. The molecule has 0 radical (unpaired) electrons. The summed E-state index contributed by atoms with van der Waals surface area (Å²) in [5.74, 6) is -0.346. The number of aliphatic hydroxyl groups is 1. The van der Waals surface area contributed by atoms with Crippen molar-refractivity contribution in [1.82, 2.24) is 0 Å². The van der Waals surface area contributed by atoms with E-state index in [1.807, 2.05) is 0 Å². The van der Waals surface area contributed by atoms with Crippen LogP contribution < -0.4 is 0 Å². The Bertz CT molecular complexity index is 477. The number of aliphatic hydroxyl groups excluding tert-OH is 1. The van der Waals surface area contributed by atoms with Gasteiger partial charge in [0.25, 0.3) is 0 Å². The molecule has 2 N–H and O–H groups in total. The molecule has 4 heteroatoms. The summed E-state index contributed by atoms with van der Waals surface area (Å²) in [4.78, 5) is 22.1. The minimum absolute atomic E-state index is 0.0104. The Kier molecular flexibility index (Phi) is 4.62. The lowest BCUT2D eigenvalue weighted by Gasteiger charge is -2.15. The molecule has 0 saturated heterocycles. The third kappa shape index (κ3) is 3.40. The molecule has 1 rings (SSSR count). The van der Waals surface area contributed by atoms with Gasteiger partial charge in [-0.1, -0.05) is 0 Å². The van der Waals surface area contributed by atoms with Crippen molar-refractivity contribution >= 4 is 11.6 Å². The number of phenols is 1. The smallest absolute Gasteiger partial charge is 0.163 e. The highest BCUT2D eigenvalue weighted by Gasteiger charge is 2.16. The number of hydrogen-bond donors (Lipinski definition) is 2. The van der Waals surface area contributed by atoms with E-state index in [1.54, 1.807) is 13.0 Å². The summed E-state index contributed by atoms with van der Waals surface area (Å²) in [6.07, 6.45) is -0.203. The number of phenolic OH excluding ortho intramolecular Hbond substituents is 1. The van der Waals surface area contributed by atoms with Gasteiger partial charge in [-0.05, 0) is 50.5 Å². The summed E-state index contributed by atoms with van der Waals surface area (Å²) in [5, 5.41) is 19.7. The van der Waals surface area contributed by atoms with Crippen LogP contribution in [0, 0.1) is 6.92 Å².